The SMILES string of the molecule is CCS(=O)(=O)Nc1cccc(C2=NN(S(=O)(=O)c3ccc(F)cc3)C(c3ccc(OC)cc3)C2)c1. The molecule has 0 radical (unpaired) electrons. The van der Waals surface area contributed by atoms with E-state index in [0.717, 1.165) is 16.5 Å². The number of benzene rings is 3. The Morgan fingerprint density at radius 2 is 1.71 bits per heavy atom. The van der Waals surface area contributed by atoms with Gasteiger partial charge in [0.2, 0.25) is 10.0 Å². The van der Waals surface area contributed by atoms with E-state index in [1.165, 1.54) is 26.2 Å². The van der Waals surface area contributed by atoms with E-state index >= 15 is 0 Å². The van der Waals surface area contributed by atoms with Gasteiger partial charge in [0.1, 0.15) is 11.6 Å². The van der Waals surface area contributed by atoms with Crippen LogP contribution in [0.2, 0.25) is 0 Å². The molecule has 0 spiro atoms. The molecule has 0 amide bonds. The number of methoxy groups -OCH3 is 1. The molecule has 1 aliphatic rings. The average Bonchev–Trinajstić information content (AvgIpc) is 3.31. The van der Waals surface area contributed by atoms with E-state index in [1.54, 1.807) is 48.5 Å². The molecule has 1 N–H and O–H groups in total. The Morgan fingerprint density at radius 1 is 1.03 bits per heavy atom. The van der Waals surface area contributed by atoms with Crippen molar-refractivity contribution < 1.29 is 26.0 Å². The van der Waals surface area contributed by atoms with Crippen LogP contribution in [0.5, 0.6) is 5.75 Å². The van der Waals surface area contributed by atoms with Crippen molar-refractivity contribution in [1.29, 1.82) is 0 Å². The molecule has 0 saturated heterocycles. The molecule has 3 aromatic carbocycles. The van der Waals surface area contributed by atoms with Crippen molar-refractivity contribution in [2.45, 2.75) is 24.3 Å². The lowest BCUT2D eigenvalue weighted by molar-refractivity contribution is 0.370. The molecule has 0 aromatic heterocycles. The van der Waals surface area contributed by atoms with E-state index < -0.39 is 31.9 Å². The van der Waals surface area contributed by atoms with Gasteiger partial charge in [-0.1, -0.05) is 24.3 Å². The summed E-state index contributed by atoms with van der Waals surface area (Å²) in [6.45, 7) is 1.53. The Kier molecular flexibility index (Phi) is 6.82. The van der Waals surface area contributed by atoms with Gasteiger partial charge in [0, 0.05) is 12.1 Å². The number of hydrazone groups is 1. The molecule has 35 heavy (non-hydrogen) atoms. The Bertz CT molecular complexity index is 1460. The number of ether oxygens (including phenoxy) is 1. The van der Waals surface area contributed by atoms with Crippen molar-refractivity contribution >= 4 is 31.4 Å². The van der Waals surface area contributed by atoms with Gasteiger partial charge in [0.15, 0.2) is 0 Å². The number of nitrogens with zero attached hydrogens (tertiary/aromatic N) is 2. The summed E-state index contributed by atoms with van der Waals surface area (Å²) in [5.41, 5.74) is 2.09. The number of nitrogens with one attached hydrogen (secondary N) is 1. The van der Waals surface area contributed by atoms with Crippen LogP contribution >= 0.6 is 0 Å². The van der Waals surface area contributed by atoms with E-state index in [2.05, 4.69) is 9.82 Å². The minimum absolute atomic E-state index is 0.0819. The highest BCUT2D eigenvalue weighted by Gasteiger charge is 2.37. The first kappa shape index (κ1) is 24.7. The van der Waals surface area contributed by atoms with Gasteiger partial charge in [-0.15, -0.1) is 0 Å². The highest BCUT2D eigenvalue weighted by molar-refractivity contribution is 7.92. The van der Waals surface area contributed by atoms with Crippen molar-refractivity contribution in [2.24, 2.45) is 5.10 Å². The molecule has 0 fully saturated rings. The maximum absolute atomic E-state index is 13.5. The smallest absolute Gasteiger partial charge is 0.279 e. The van der Waals surface area contributed by atoms with Gasteiger partial charge >= 0.3 is 0 Å². The van der Waals surface area contributed by atoms with Crippen LogP contribution in [0.15, 0.2) is 82.8 Å². The molecule has 0 aliphatic carbocycles. The third-order valence-electron chi connectivity index (χ3n) is 5.58. The van der Waals surface area contributed by atoms with Crippen molar-refractivity contribution in [3.8, 4) is 5.75 Å². The van der Waals surface area contributed by atoms with E-state index in [0.29, 0.717) is 28.3 Å². The third-order valence-corrected chi connectivity index (χ3v) is 8.58. The summed E-state index contributed by atoms with van der Waals surface area (Å²) >= 11 is 0. The largest absolute Gasteiger partial charge is 0.497 e. The first-order valence-corrected chi connectivity index (χ1v) is 13.8. The third kappa shape index (κ3) is 5.30. The zero-order chi connectivity index (χ0) is 25.2. The van der Waals surface area contributed by atoms with Gasteiger partial charge < -0.3 is 4.74 Å². The second-order valence-electron chi connectivity index (χ2n) is 7.86. The minimum atomic E-state index is -4.12. The standard InChI is InChI=1S/C24H24FN3O5S2/c1-3-34(29,30)27-20-6-4-5-18(15-20)23-16-24(17-7-11-21(33-2)12-8-17)28(26-23)35(31,32)22-13-9-19(25)10-14-22/h4-15,24,27H,3,16H2,1-2H3. The van der Waals surface area contributed by atoms with Crippen LogP contribution in [0.1, 0.15) is 30.5 Å². The van der Waals surface area contributed by atoms with Crippen molar-refractivity contribution in [3.63, 3.8) is 0 Å². The number of anilines is 1. The summed E-state index contributed by atoms with van der Waals surface area (Å²) in [6, 6.07) is 17.5. The Labute approximate surface area is 204 Å². The van der Waals surface area contributed by atoms with Gasteiger partial charge in [0.25, 0.3) is 10.0 Å². The lowest BCUT2D eigenvalue weighted by atomic mass is 9.99. The van der Waals surface area contributed by atoms with E-state index in [9.17, 15) is 21.2 Å². The van der Waals surface area contributed by atoms with Crippen LogP contribution in [0.25, 0.3) is 0 Å². The topological polar surface area (TPSA) is 105 Å². The van der Waals surface area contributed by atoms with Gasteiger partial charge in [-0.05, 0) is 66.6 Å². The molecule has 4 rings (SSSR count). The normalized spacial score (nSPS) is 16.1. The summed E-state index contributed by atoms with van der Waals surface area (Å²) < 4.78 is 73.1. The lowest BCUT2D eigenvalue weighted by Crippen LogP contribution is -2.27. The maximum Gasteiger partial charge on any atom is 0.279 e. The fraction of sp³-hybridized carbons (Fsp3) is 0.208. The molecular weight excluding hydrogens is 493 g/mol. The first-order chi connectivity index (χ1) is 16.6. The Morgan fingerprint density at radius 3 is 2.34 bits per heavy atom. The average molecular weight is 518 g/mol. The first-order valence-electron chi connectivity index (χ1n) is 10.8. The van der Waals surface area contributed by atoms with Gasteiger partial charge in [-0.25, -0.2) is 12.8 Å². The van der Waals surface area contributed by atoms with Crippen LogP contribution < -0.4 is 9.46 Å². The maximum atomic E-state index is 13.5. The van der Waals surface area contributed by atoms with Crippen LogP contribution in [0.4, 0.5) is 10.1 Å². The van der Waals surface area contributed by atoms with E-state index in [-0.39, 0.29) is 17.1 Å². The lowest BCUT2D eigenvalue weighted by Gasteiger charge is -2.23. The van der Waals surface area contributed by atoms with E-state index in [4.69, 9.17) is 4.74 Å². The van der Waals surface area contributed by atoms with Gasteiger partial charge in [-0.2, -0.15) is 17.9 Å². The van der Waals surface area contributed by atoms with Crippen molar-refractivity contribution in [2.75, 3.05) is 17.6 Å². The summed E-state index contributed by atoms with van der Waals surface area (Å²) in [4.78, 5) is -0.0909. The molecule has 8 nitrogen and oxygen atoms in total. The molecule has 184 valence electrons. The summed E-state index contributed by atoms with van der Waals surface area (Å²) in [7, 11) is -6.06. The monoisotopic (exact) mass is 517 g/mol. The van der Waals surface area contributed by atoms with Crippen LogP contribution in [-0.2, 0) is 20.0 Å². The number of hydrogen-bond acceptors (Lipinski definition) is 6. The number of sulfonamides is 2. The van der Waals surface area contributed by atoms with Crippen LogP contribution in [-0.4, -0.2) is 39.8 Å². The second-order valence-corrected chi connectivity index (χ2v) is 11.7. The summed E-state index contributed by atoms with van der Waals surface area (Å²) in [5, 5.41) is 4.45. The highest BCUT2D eigenvalue weighted by atomic mass is 32.2. The molecule has 0 bridgehead atoms. The highest BCUT2D eigenvalue weighted by Crippen LogP contribution is 2.38. The van der Waals surface area contributed by atoms with Crippen LogP contribution in [0.3, 0.4) is 0 Å². The molecule has 3 aromatic rings. The molecular formula is C24H24FN3O5S2. The Balaban J connectivity index is 1.76. The number of hydrogen-bond donors (Lipinski definition) is 1. The van der Waals surface area contributed by atoms with Crippen molar-refractivity contribution in [3.05, 3.63) is 89.7 Å². The molecule has 1 aliphatic heterocycles. The summed E-state index contributed by atoms with van der Waals surface area (Å²) in [6.07, 6.45) is 0.247. The predicted molar refractivity (Wildman–Crippen MR) is 132 cm³/mol. The van der Waals surface area contributed by atoms with Crippen molar-refractivity contribution in [1.82, 2.24) is 4.41 Å². The Hall–Kier alpha value is -3.44. The molecule has 1 heterocycles. The van der Waals surface area contributed by atoms with E-state index in [1.807, 2.05) is 0 Å². The van der Waals surface area contributed by atoms with Gasteiger partial charge in [0.05, 0.1) is 29.5 Å². The molecule has 1 atom stereocenters. The molecule has 11 heteroatoms. The fourth-order valence-electron chi connectivity index (χ4n) is 3.69. The number of rotatable bonds is 8. The quantitative estimate of drug-likeness (QED) is 0.484. The fourth-order valence-corrected chi connectivity index (χ4v) is 5.75. The zero-order valence-electron chi connectivity index (χ0n) is 19.0. The number of halogens is 1. The molecule has 1 unspecified atom stereocenters. The molecule has 0 saturated carbocycles. The minimum Gasteiger partial charge on any atom is -0.497 e. The second kappa shape index (κ2) is 9.67. The zero-order valence-corrected chi connectivity index (χ0v) is 20.7. The summed E-state index contributed by atoms with van der Waals surface area (Å²) in [5.74, 6) is -0.00846. The predicted octanol–water partition coefficient (Wildman–Crippen LogP) is 4.14. The van der Waals surface area contributed by atoms with Crippen LogP contribution in [0, 0.1) is 5.82 Å². The van der Waals surface area contributed by atoms with Gasteiger partial charge in [-0.3, -0.25) is 4.72 Å².